The van der Waals surface area contributed by atoms with Crippen molar-refractivity contribution < 1.29 is 14.6 Å². The van der Waals surface area contributed by atoms with Crippen LogP contribution in [-0.4, -0.2) is 11.1 Å². The second kappa shape index (κ2) is 7.54. The third-order valence-electron chi connectivity index (χ3n) is 6.10. The highest BCUT2D eigenvalue weighted by molar-refractivity contribution is 5.89. The quantitative estimate of drug-likeness (QED) is 0.214. The first-order chi connectivity index (χ1) is 15.5. The van der Waals surface area contributed by atoms with Gasteiger partial charge in [0.05, 0.1) is 5.41 Å². The number of phenols is 1. The molecule has 0 spiro atoms. The van der Waals surface area contributed by atoms with Crippen LogP contribution in [0.25, 0.3) is 11.1 Å². The summed E-state index contributed by atoms with van der Waals surface area (Å²) in [5.74, 6) is 0.259. The molecule has 32 heavy (non-hydrogen) atoms. The first-order valence-electron chi connectivity index (χ1n) is 10.5. The molecule has 3 nitrogen and oxygen atoms in total. The minimum atomic E-state index is -0.558. The monoisotopic (exact) mass is 418 g/mol. The predicted octanol–water partition coefficient (Wildman–Crippen LogP) is 6.24. The van der Waals surface area contributed by atoms with Gasteiger partial charge in [0.2, 0.25) is 0 Å². The van der Waals surface area contributed by atoms with Crippen LogP contribution >= 0.6 is 0 Å². The van der Waals surface area contributed by atoms with Crippen LogP contribution in [0.15, 0.2) is 109 Å². The Morgan fingerprint density at radius 1 is 0.750 bits per heavy atom. The SMILES string of the molecule is C=C(C)C(=O)Oc1ccc(C2(c3ccc(O)cc3)c3ccccc3-c3ccccc32)cc1. The molecule has 4 aromatic carbocycles. The normalized spacial score (nSPS) is 13.2. The molecule has 0 fully saturated rings. The first-order valence-corrected chi connectivity index (χ1v) is 10.5. The van der Waals surface area contributed by atoms with Gasteiger partial charge in [-0.2, -0.15) is 0 Å². The largest absolute Gasteiger partial charge is 0.508 e. The van der Waals surface area contributed by atoms with Crippen LogP contribution in [0.4, 0.5) is 0 Å². The van der Waals surface area contributed by atoms with E-state index in [4.69, 9.17) is 4.74 Å². The fraction of sp³-hybridized carbons (Fsp3) is 0.0690. The van der Waals surface area contributed by atoms with Crippen LogP contribution in [0.3, 0.4) is 0 Å². The average molecular weight is 418 g/mol. The van der Waals surface area contributed by atoms with Gasteiger partial charge < -0.3 is 9.84 Å². The van der Waals surface area contributed by atoms with Crippen molar-refractivity contribution in [1.82, 2.24) is 0 Å². The Balaban J connectivity index is 1.76. The van der Waals surface area contributed by atoms with E-state index >= 15 is 0 Å². The zero-order chi connectivity index (χ0) is 22.3. The minimum absolute atomic E-state index is 0.227. The summed E-state index contributed by atoms with van der Waals surface area (Å²) in [5, 5.41) is 9.95. The lowest BCUT2D eigenvalue weighted by Crippen LogP contribution is -2.28. The molecule has 1 aliphatic rings. The molecule has 0 unspecified atom stereocenters. The summed E-state index contributed by atoms with van der Waals surface area (Å²) in [7, 11) is 0. The lowest BCUT2D eigenvalue weighted by molar-refractivity contribution is -0.130. The maximum atomic E-state index is 12.0. The Bertz CT molecular complexity index is 1290. The topological polar surface area (TPSA) is 46.5 Å². The molecule has 0 bridgehead atoms. The summed E-state index contributed by atoms with van der Waals surface area (Å²) >= 11 is 0. The summed E-state index contributed by atoms with van der Waals surface area (Å²) in [6, 6.07) is 31.9. The summed E-state index contributed by atoms with van der Waals surface area (Å²) in [6.45, 7) is 5.27. The van der Waals surface area contributed by atoms with E-state index in [2.05, 4.69) is 55.1 Å². The van der Waals surface area contributed by atoms with E-state index in [1.807, 2.05) is 36.4 Å². The van der Waals surface area contributed by atoms with Crippen LogP contribution in [0.2, 0.25) is 0 Å². The van der Waals surface area contributed by atoms with Crippen LogP contribution in [0, 0.1) is 0 Å². The predicted molar refractivity (Wildman–Crippen MR) is 126 cm³/mol. The molecule has 1 N–H and O–H groups in total. The van der Waals surface area contributed by atoms with E-state index < -0.39 is 11.4 Å². The number of esters is 1. The fourth-order valence-corrected chi connectivity index (χ4v) is 4.70. The number of aromatic hydroxyl groups is 1. The molecule has 0 saturated carbocycles. The Morgan fingerprint density at radius 2 is 1.22 bits per heavy atom. The van der Waals surface area contributed by atoms with E-state index in [1.165, 1.54) is 22.3 Å². The van der Waals surface area contributed by atoms with Crippen LogP contribution in [0.1, 0.15) is 29.2 Å². The maximum absolute atomic E-state index is 12.0. The van der Waals surface area contributed by atoms with Crippen molar-refractivity contribution in [3.63, 3.8) is 0 Å². The van der Waals surface area contributed by atoms with E-state index in [9.17, 15) is 9.90 Å². The van der Waals surface area contributed by atoms with Crippen molar-refractivity contribution in [3.05, 3.63) is 131 Å². The van der Waals surface area contributed by atoms with Gasteiger partial charge >= 0.3 is 5.97 Å². The van der Waals surface area contributed by atoms with Crippen molar-refractivity contribution in [3.8, 4) is 22.6 Å². The van der Waals surface area contributed by atoms with Crippen molar-refractivity contribution in [2.24, 2.45) is 0 Å². The molecule has 0 amide bonds. The maximum Gasteiger partial charge on any atom is 0.338 e. The lowest BCUT2D eigenvalue weighted by atomic mass is 9.68. The standard InChI is InChI=1S/C29H22O3/c1-19(2)28(31)32-23-17-13-21(14-18-23)29(20-11-15-22(30)16-12-20)26-9-5-3-7-24(26)25-8-4-6-10-27(25)29/h3-18,30H,1H2,2H3. The number of fused-ring (bicyclic) bond motifs is 3. The van der Waals surface area contributed by atoms with E-state index in [0.717, 1.165) is 11.1 Å². The average Bonchev–Trinajstić information content (AvgIpc) is 3.11. The molecule has 0 aliphatic heterocycles. The van der Waals surface area contributed by atoms with Crippen LogP contribution in [-0.2, 0) is 10.2 Å². The second-order valence-corrected chi connectivity index (χ2v) is 8.08. The molecule has 156 valence electrons. The molecular weight excluding hydrogens is 396 g/mol. The van der Waals surface area contributed by atoms with E-state index in [-0.39, 0.29) is 5.75 Å². The zero-order valence-corrected chi connectivity index (χ0v) is 17.7. The number of phenolic OH excluding ortho intramolecular Hbond substituents is 1. The number of rotatable bonds is 4. The summed E-state index contributed by atoms with van der Waals surface area (Å²) in [5.41, 5.74) is 6.64. The number of hydrogen-bond acceptors (Lipinski definition) is 3. The Morgan fingerprint density at radius 3 is 1.72 bits per heavy atom. The fourth-order valence-electron chi connectivity index (χ4n) is 4.70. The third kappa shape index (κ3) is 2.94. The van der Waals surface area contributed by atoms with Gasteiger partial charge in [-0.1, -0.05) is 79.4 Å². The van der Waals surface area contributed by atoms with Crippen LogP contribution in [0.5, 0.6) is 11.5 Å². The molecule has 3 heteroatoms. The Labute approximate surface area is 187 Å². The summed E-state index contributed by atoms with van der Waals surface area (Å²) < 4.78 is 5.42. The van der Waals surface area contributed by atoms with Gasteiger partial charge in [0.25, 0.3) is 0 Å². The van der Waals surface area contributed by atoms with E-state index in [0.29, 0.717) is 11.3 Å². The summed E-state index contributed by atoms with van der Waals surface area (Å²) in [6.07, 6.45) is 0. The van der Waals surface area contributed by atoms with Crippen molar-refractivity contribution in [2.45, 2.75) is 12.3 Å². The number of hydrogen-bond donors (Lipinski definition) is 1. The summed E-state index contributed by atoms with van der Waals surface area (Å²) in [4.78, 5) is 12.0. The highest BCUT2D eigenvalue weighted by atomic mass is 16.5. The van der Waals surface area contributed by atoms with Gasteiger partial charge in [-0.05, 0) is 64.6 Å². The van der Waals surface area contributed by atoms with Gasteiger partial charge in [-0.25, -0.2) is 4.79 Å². The second-order valence-electron chi connectivity index (χ2n) is 8.08. The van der Waals surface area contributed by atoms with Gasteiger partial charge in [0, 0.05) is 5.57 Å². The smallest absolute Gasteiger partial charge is 0.338 e. The van der Waals surface area contributed by atoms with Crippen LogP contribution < -0.4 is 4.74 Å². The zero-order valence-electron chi connectivity index (χ0n) is 17.7. The van der Waals surface area contributed by atoms with E-state index in [1.54, 1.807) is 19.1 Å². The molecule has 0 atom stereocenters. The van der Waals surface area contributed by atoms with Crippen molar-refractivity contribution in [2.75, 3.05) is 0 Å². The van der Waals surface area contributed by atoms with Crippen molar-refractivity contribution >= 4 is 5.97 Å². The number of carbonyl (C=O) groups excluding carboxylic acids is 1. The molecule has 0 heterocycles. The molecule has 0 aromatic heterocycles. The highest BCUT2D eigenvalue weighted by Gasteiger charge is 2.45. The number of benzene rings is 4. The van der Waals surface area contributed by atoms with Gasteiger partial charge in [-0.15, -0.1) is 0 Å². The lowest BCUT2D eigenvalue weighted by Gasteiger charge is -2.34. The highest BCUT2D eigenvalue weighted by Crippen LogP contribution is 2.56. The molecule has 0 radical (unpaired) electrons. The number of carbonyl (C=O) groups is 1. The molecule has 4 aromatic rings. The Hall–Kier alpha value is -4.11. The molecular formula is C29H22O3. The third-order valence-corrected chi connectivity index (χ3v) is 6.10. The molecule has 1 aliphatic carbocycles. The van der Waals surface area contributed by atoms with Crippen molar-refractivity contribution in [1.29, 1.82) is 0 Å². The van der Waals surface area contributed by atoms with Gasteiger partial charge in [0.1, 0.15) is 11.5 Å². The van der Waals surface area contributed by atoms with Gasteiger partial charge in [-0.3, -0.25) is 0 Å². The first kappa shape index (κ1) is 19.8. The number of ether oxygens (including phenoxy) is 1. The molecule has 5 rings (SSSR count). The van der Waals surface area contributed by atoms with Gasteiger partial charge in [0.15, 0.2) is 0 Å². The minimum Gasteiger partial charge on any atom is -0.508 e. The Kier molecular flexibility index (Phi) is 4.67. The molecule has 0 saturated heterocycles.